The number of aromatic nitrogens is 3. The third-order valence-electron chi connectivity index (χ3n) is 4.23. The number of hydrogen-bond acceptors (Lipinski definition) is 6. The zero-order valence-corrected chi connectivity index (χ0v) is 16.0. The van der Waals surface area contributed by atoms with E-state index in [1.165, 1.54) is 5.56 Å². The van der Waals surface area contributed by atoms with E-state index in [2.05, 4.69) is 22.1 Å². The number of rotatable bonds is 7. The first-order valence-electron chi connectivity index (χ1n) is 9.01. The maximum atomic E-state index is 6.21. The van der Waals surface area contributed by atoms with Crippen LogP contribution in [0.3, 0.4) is 0 Å². The van der Waals surface area contributed by atoms with Gasteiger partial charge < -0.3 is 10.5 Å². The van der Waals surface area contributed by atoms with E-state index < -0.39 is 0 Å². The highest BCUT2D eigenvalue weighted by atomic mass is 32.1. The summed E-state index contributed by atoms with van der Waals surface area (Å²) in [5, 5.41) is 2.92. The standard InChI is InChI=1S/C22H20N4OS/c23-19(9-16-5-2-1-3-6-16)14-27-20-10-18(12-25-13-20)22-26-21(15-28-22)17-7-4-8-24-11-17/h1-8,10-13,15,19H,9,14,23H2/t19-/m0/s1. The molecule has 0 aliphatic heterocycles. The molecule has 5 nitrogen and oxygen atoms in total. The van der Waals surface area contributed by atoms with Crippen LogP contribution < -0.4 is 10.5 Å². The van der Waals surface area contributed by atoms with E-state index in [9.17, 15) is 0 Å². The van der Waals surface area contributed by atoms with Crippen molar-refractivity contribution in [2.24, 2.45) is 5.73 Å². The minimum Gasteiger partial charge on any atom is -0.490 e. The van der Waals surface area contributed by atoms with Crippen LogP contribution in [0.4, 0.5) is 0 Å². The molecule has 6 heteroatoms. The fourth-order valence-corrected chi connectivity index (χ4v) is 3.66. The van der Waals surface area contributed by atoms with Gasteiger partial charge in [0, 0.05) is 41.1 Å². The molecule has 0 aliphatic carbocycles. The summed E-state index contributed by atoms with van der Waals surface area (Å²) in [6, 6.07) is 16.0. The van der Waals surface area contributed by atoms with Crippen LogP contribution in [0.15, 0.2) is 78.7 Å². The van der Waals surface area contributed by atoms with Crippen LogP contribution in [0.5, 0.6) is 5.75 Å². The van der Waals surface area contributed by atoms with E-state index in [1.54, 1.807) is 29.9 Å². The summed E-state index contributed by atoms with van der Waals surface area (Å²) in [7, 11) is 0. The molecule has 1 aromatic carbocycles. The average molecular weight is 388 g/mol. The number of benzene rings is 1. The monoisotopic (exact) mass is 388 g/mol. The van der Waals surface area contributed by atoms with Crippen LogP contribution in [0, 0.1) is 0 Å². The summed E-state index contributed by atoms with van der Waals surface area (Å²) in [4.78, 5) is 13.1. The number of hydrogen-bond donors (Lipinski definition) is 1. The average Bonchev–Trinajstić information content (AvgIpc) is 3.24. The van der Waals surface area contributed by atoms with Gasteiger partial charge in [-0.15, -0.1) is 11.3 Å². The molecule has 0 saturated carbocycles. The molecular weight excluding hydrogens is 368 g/mol. The topological polar surface area (TPSA) is 73.9 Å². The summed E-state index contributed by atoms with van der Waals surface area (Å²) in [5.74, 6) is 0.694. The molecule has 0 saturated heterocycles. The molecule has 0 fully saturated rings. The number of thiazole rings is 1. The van der Waals surface area contributed by atoms with Crippen molar-refractivity contribution in [3.8, 4) is 27.6 Å². The third-order valence-corrected chi connectivity index (χ3v) is 5.12. The molecule has 3 heterocycles. The SMILES string of the molecule is N[C@H](COc1cncc(-c2nc(-c3cccnc3)cs2)c1)Cc1ccccc1. The van der Waals surface area contributed by atoms with Crippen molar-refractivity contribution in [2.75, 3.05) is 6.61 Å². The van der Waals surface area contributed by atoms with E-state index in [0.717, 1.165) is 28.2 Å². The molecule has 4 aromatic rings. The van der Waals surface area contributed by atoms with Crippen LogP contribution in [-0.4, -0.2) is 27.6 Å². The molecule has 140 valence electrons. The van der Waals surface area contributed by atoms with Crippen molar-refractivity contribution < 1.29 is 4.74 Å². The number of nitrogens with zero attached hydrogens (tertiary/aromatic N) is 3. The van der Waals surface area contributed by atoms with Crippen molar-refractivity contribution >= 4 is 11.3 Å². The molecule has 0 radical (unpaired) electrons. The fraction of sp³-hybridized carbons (Fsp3) is 0.136. The van der Waals surface area contributed by atoms with Crippen LogP contribution in [0.25, 0.3) is 21.8 Å². The molecule has 0 unspecified atom stereocenters. The first-order valence-corrected chi connectivity index (χ1v) is 9.89. The second-order valence-electron chi connectivity index (χ2n) is 6.45. The Bertz CT molecular complexity index is 1020. The molecule has 0 spiro atoms. The van der Waals surface area contributed by atoms with Crippen molar-refractivity contribution in [3.63, 3.8) is 0 Å². The van der Waals surface area contributed by atoms with Gasteiger partial charge in [-0.25, -0.2) is 4.98 Å². The van der Waals surface area contributed by atoms with Crippen LogP contribution in [0.1, 0.15) is 5.56 Å². The van der Waals surface area contributed by atoms with Crippen molar-refractivity contribution in [3.05, 3.63) is 84.3 Å². The second kappa shape index (κ2) is 8.73. The quantitative estimate of drug-likeness (QED) is 0.513. The number of pyridine rings is 2. The normalized spacial score (nSPS) is 11.9. The van der Waals surface area contributed by atoms with Gasteiger partial charge in [0.05, 0.1) is 11.9 Å². The zero-order valence-electron chi connectivity index (χ0n) is 15.2. The molecule has 4 rings (SSSR count). The maximum absolute atomic E-state index is 6.21. The van der Waals surface area contributed by atoms with Gasteiger partial charge in [0.2, 0.25) is 0 Å². The van der Waals surface area contributed by atoms with E-state index in [-0.39, 0.29) is 6.04 Å². The lowest BCUT2D eigenvalue weighted by Crippen LogP contribution is -2.30. The lowest BCUT2D eigenvalue weighted by atomic mass is 10.1. The van der Waals surface area contributed by atoms with E-state index in [4.69, 9.17) is 15.5 Å². The van der Waals surface area contributed by atoms with Gasteiger partial charge in [-0.1, -0.05) is 30.3 Å². The van der Waals surface area contributed by atoms with Crippen molar-refractivity contribution in [2.45, 2.75) is 12.5 Å². The Hall–Kier alpha value is -3.09. The van der Waals surface area contributed by atoms with E-state index >= 15 is 0 Å². The number of ether oxygens (including phenoxy) is 1. The minimum absolute atomic E-state index is 0.0805. The van der Waals surface area contributed by atoms with Gasteiger partial charge >= 0.3 is 0 Å². The van der Waals surface area contributed by atoms with Gasteiger partial charge in [0.15, 0.2) is 0 Å². The largest absolute Gasteiger partial charge is 0.490 e. The van der Waals surface area contributed by atoms with Crippen molar-refractivity contribution in [1.29, 1.82) is 0 Å². The Balaban J connectivity index is 1.41. The molecule has 0 bridgehead atoms. The van der Waals surface area contributed by atoms with Gasteiger partial charge in [-0.2, -0.15) is 0 Å². The lowest BCUT2D eigenvalue weighted by molar-refractivity contribution is 0.286. The first kappa shape index (κ1) is 18.3. The molecule has 3 aromatic heterocycles. The maximum Gasteiger partial charge on any atom is 0.138 e. The Morgan fingerprint density at radius 2 is 1.82 bits per heavy atom. The van der Waals surface area contributed by atoms with E-state index in [0.29, 0.717) is 12.4 Å². The smallest absolute Gasteiger partial charge is 0.138 e. The van der Waals surface area contributed by atoms with Gasteiger partial charge in [-0.05, 0) is 30.2 Å². The molecular formula is C22H20N4OS. The van der Waals surface area contributed by atoms with Gasteiger partial charge in [0.1, 0.15) is 17.4 Å². The summed E-state index contributed by atoms with van der Waals surface area (Å²) in [6.07, 6.45) is 7.83. The highest BCUT2D eigenvalue weighted by Crippen LogP contribution is 2.29. The highest BCUT2D eigenvalue weighted by molar-refractivity contribution is 7.13. The van der Waals surface area contributed by atoms with Gasteiger partial charge in [0.25, 0.3) is 0 Å². The fourth-order valence-electron chi connectivity index (χ4n) is 2.85. The molecule has 0 amide bonds. The van der Waals surface area contributed by atoms with Crippen LogP contribution in [0.2, 0.25) is 0 Å². The van der Waals surface area contributed by atoms with Crippen LogP contribution >= 0.6 is 11.3 Å². The predicted octanol–water partition coefficient (Wildman–Crippen LogP) is 4.22. The molecule has 28 heavy (non-hydrogen) atoms. The Morgan fingerprint density at radius 1 is 0.964 bits per heavy atom. The van der Waals surface area contributed by atoms with Crippen molar-refractivity contribution in [1.82, 2.24) is 15.0 Å². The Morgan fingerprint density at radius 3 is 2.64 bits per heavy atom. The van der Waals surface area contributed by atoms with Gasteiger partial charge in [-0.3, -0.25) is 9.97 Å². The third kappa shape index (κ3) is 4.60. The number of nitrogens with two attached hydrogens (primary N) is 1. The van der Waals surface area contributed by atoms with Crippen LogP contribution in [-0.2, 0) is 6.42 Å². The first-order chi connectivity index (χ1) is 13.8. The predicted molar refractivity (Wildman–Crippen MR) is 112 cm³/mol. The molecule has 1 atom stereocenters. The summed E-state index contributed by atoms with van der Waals surface area (Å²) in [5.41, 5.74) is 10.2. The zero-order chi connectivity index (χ0) is 19.2. The molecule has 0 aliphatic rings. The van der Waals surface area contributed by atoms with E-state index in [1.807, 2.05) is 48.0 Å². The highest BCUT2D eigenvalue weighted by Gasteiger charge is 2.10. The summed E-state index contributed by atoms with van der Waals surface area (Å²) < 4.78 is 5.87. The summed E-state index contributed by atoms with van der Waals surface area (Å²) >= 11 is 1.57. The summed E-state index contributed by atoms with van der Waals surface area (Å²) in [6.45, 7) is 0.429. The second-order valence-corrected chi connectivity index (χ2v) is 7.31. The lowest BCUT2D eigenvalue weighted by Gasteiger charge is -2.13. The Labute approximate surface area is 167 Å². The Kier molecular flexibility index (Phi) is 5.70. The molecule has 2 N–H and O–H groups in total. The minimum atomic E-state index is -0.0805.